The van der Waals surface area contributed by atoms with Gasteiger partial charge in [-0.15, -0.1) is 0 Å². The molecule has 3 N–H and O–H groups in total. The zero-order valence-corrected chi connectivity index (χ0v) is 14.0. The second-order valence-corrected chi connectivity index (χ2v) is 6.39. The number of aromatic nitrogens is 1. The molecule has 128 valence electrons. The molecule has 0 radical (unpaired) electrons. The Hall–Kier alpha value is -2.63. The number of pyridine rings is 1. The van der Waals surface area contributed by atoms with Crippen LogP contribution in [0.5, 0.6) is 0 Å². The Morgan fingerprint density at radius 2 is 1.92 bits per heavy atom. The lowest BCUT2D eigenvalue weighted by molar-refractivity contribution is 0.191. The fourth-order valence-corrected chi connectivity index (χ4v) is 2.35. The molecule has 0 aliphatic heterocycles. The number of halogens is 1. The Morgan fingerprint density at radius 3 is 2.46 bits per heavy atom. The first-order valence-electron chi connectivity index (χ1n) is 7.73. The highest BCUT2D eigenvalue weighted by atomic mass is 19.1. The SMILES string of the molecule is CC(NC(=O)O)c1ccc(NCC(C)(C)c2ccc(F)cc2)nc1. The number of hydrogen-bond acceptors (Lipinski definition) is 3. The summed E-state index contributed by atoms with van der Waals surface area (Å²) in [7, 11) is 0. The summed E-state index contributed by atoms with van der Waals surface area (Å²) in [5.74, 6) is 0.459. The fraction of sp³-hybridized carbons (Fsp3) is 0.333. The molecule has 2 aromatic rings. The zero-order valence-electron chi connectivity index (χ0n) is 14.0. The molecule has 1 aromatic heterocycles. The minimum absolute atomic E-state index is 0.188. The summed E-state index contributed by atoms with van der Waals surface area (Å²) < 4.78 is 13.0. The van der Waals surface area contributed by atoms with Gasteiger partial charge in [0.1, 0.15) is 11.6 Å². The van der Waals surface area contributed by atoms with Gasteiger partial charge in [0.15, 0.2) is 0 Å². The van der Waals surface area contributed by atoms with Gasteiger partial charge in [-0.25, -0.2) is 14.2 Å². The van der Waals surface area contributed by atoms with Gasteiger partial charge in [0.05, 0.1) is 6.04 Å². The first-order valence-corrected chi connectivity index (χ1v) is 7.73. The molecule has 24 heavy (non-hydrogen) atoms. The van der Waals surface area contributed by atoms with E-state index in [9.17, 15) is 9.18 Å². The number of carbonyl (C=O) groups is 1. The molecule has 6 heteroatoms. The minimum Gasteiger partial charge on any atom is -0.465 e. The van der Waals surface area contributed by atoms with E-state index < -0.39 is 6.09 Å². The van der Waals surface area contributed by atoms with E-state index in [2.05, 4.69) is 29.5 Å². The van der Waals surface area contributed by atoms with Gasteiger partial charge in [-0.2, -0.15) is 0 Å². The number of anilines is 1. The van der Waals surface area contributed by atoms with Crippen LogP contribution >= 0.6 is 0 Å². The Balaban J connectivity index is 1.98. The van der Waals surface area contributed by atoms with Crippen LogP contribution in [0.4, 0.5) is 15.0 Å². The summed E-state index contributed by atoms with van der Waals surface area (Å²) in [4.78, 5) is 15.0. The van der Waals surface area contributed by atoms with Gasteiger partial charge < -0.3 is 15.7 Å². The molecule has 0 aliphatic carbocycles. The van der Waals surface area contributed by atoms with E-state index in [1.54, 1.807) is 25.3 Å². The summed E-state index contributed by atoms with van der Waals surface area (Å²) in [6.45, 7) is 6.53. The van der Waals surface area contributed by atoms with Crippen LogP contribution in [0.25, 0.3) is 0 Å². The van der Waals surface area contributed by atoms with E-state index in [1.165, 1.54) is 12.1 Å². The summed E-state index contributed by atoms with van der Waals surface area (Å²) >= 11 is 0. The third-order valence-corrected chi connectivity index (χ3v) is 3.96. The van der Waals surface area contributed by atoms with Gasteiger partial charge in [0.25, 0.3) is 0 Å². The molecule has 1 amide bonds. The first-order chi connectivity index (χ1) is 11.3. The van der Waals surface area contributed by atoms with Gasteiger partial charge in [-0.05, 0) is 36.2 Å². The summed E-state index contributed by atoms with van der Waals surface area (Å²) in [5, 5.41) is 14.4. The highest BCUT2D eigenvalue weighted by molar-refractivity contribution is 5.65. The maximum absolute atomic E-state index is 13.0. The molecule has 1 unspecified atom stereocenters. The molecule has 1 aromatic carbocycles. The van der Waals surface area contributed by atoms with Crippen molar-refractivity contribution in [3.05, 3.63) is 59.5 Å². The van der Waals surface area contributed by atoms with Crippen LogP contribution in [0.15, 0.2) is 42.6 Å². The van der Waals surface area contributed by atoms with E-state index in [1.807, 2.05) is 12.1 Å². The Bertz CT molecular complexity index is 684. The normalized spacial score (nSPS) is 12.5. The average Bonchev–Trinajstić information content (AvgIpc) is 2.53. The highest BCUT2D eigenvalue weighted by Crippen LogP contribution is 2.24. The van der Waals surface area contributed by atoms with Crippen molar-refractivity contribution in [2.24, 2.45) is 0 Å². The second kappa shape index (κ2) is 7.29. The second-order valence-electron chi connectivity index (χ2n) is 6.39. The average molecular weight is 331 g/mol. The maximum Gasteiger partial charge on any atom is 0.405 e. The summed E-state index contributed by atoms with van der Waals surface area (Å²) in [6.07, 6.45) is 0.583. The lowest BCUT2D eigenvalue weighted by atomic mass is 9.84. The minimum atomic E-state index is -1.06. The molecule has 5 nitrogen and oxygen atoms in total. The topological polar surface area (TPSA) is 74.2 Å². The molecule has 0 spiro atoms. The maximum atomic E-state index is 13.0. The fourth-order valence-electron chi connectivity index (χ4n) is 2.35. The van der Waals surface area contributed by atoms with Crippen LogP contribution in [-0.4, -0.2) is 22.7 Å². The van der Waals surface area contributed by atoms with Crippen molar-refractivity contribution in [2.75, 3.05) is 11.9 Å². The van der Waals surface area contributed by atoms with Gasteiger partial charge >= 0.3 is 6.09 Å². The van der Waals surface area contributed by atoms with Crippen LogP contribution in [0.1, 0.15) is 37.9 Å². The van der Waals surface area contributed by atoms with E-state index in [4.69, 9.17) is 5.11 Å². The van der Waals surface area contributed by atoms with Crippen LogP contribution < -0.4 is 10.6 Å². The number of nitrogens with one attached hydrogen (secondary N) is 2. The number of amides is 1. The third-order valence-electron chi connectivity index (χ3n) is 3.96. The molecule has 1 heterocycles. The smallest absolute Gasteiger partial charge is 0.405 e. The number of nitrogens with zero attached hydrogens (tertiary/aromatic N) is 1. The molecule has 1 atom stereocenters. The van der Waals surface area contributed by atoms with E-state index in [0.717, 1.165) is 11.1 Å². The van der Waals surface area contributed by atoms with Gasteiger partial charge in [-0.1, -0.05) is 32.0 Å². The predicted molar refractivity (Wildman–Crippen MR) is 91.7 cm³/mol. The lowest BCUT2D eigenvalue weighted by Crippen LogP contribution is -2.28. The number of benzene rings is 1. The number of carboxylic acid groups (broad SMARTS) is 1. The largest absolute Gasteiger partial charge is 0.465 e. The number of hydrogen-bond donors (Lipinski definition) is 3. The third kappa shape index (κ3) is 4.68. The van der Waals surface area contributed by atoms with Gasteiger partial charge in [0.2, 0.25) is 0 Å². The first kappa shape index (κ1) is 17.7. The number of rotatable bonds is 6. The Labute approximate surface area is 140 Å². The molecule has 0 saturated carbocycles. The molecule has 0 aliphatic rings. The van der Waals surface area contributed by atoms with Crippen LogP contribution in [0, 0.1) is 5.82 Å². The summed E-state index contributed by atoms with van der Waals surface area (Å²) in [6, 6.07) is 9.82. The molecule has 2 rings (SSSR count). The van der Waals surface area contributed by atoms with Gasteiger partial charge in [-0.3, -0.25) is 0 Å². The van der Waals surface area contributed by atoms with E-state index >= 15 is 0 Å². The van der Waals surface area contributed by atoms with Gasteiger partial charge in [0, 0.05) is 18.2 Å². The molecule has 0 bridgehead atoms. The molecule has 0 fully saturated rings. The van der Waals surface area contributed by atoms with Crippen LogP contribution in [-0.2, 0) is 5.41 Å². The van der Waals surface area contributed by atoms with Crippen molar-refractivity contribution >= 4 is 11.9 Å². The molecular formula is C18H22FN3O2. The Morgan fingerprint density at radius 1 is 1.25 bits per heavy atom. The molecular weight excluding hydrogens is 309 g/mol. The predicted octanol–water partition coefficient (Wildman–Crippen LogP) is 3.94. The van der Waals surface area contributed by atoms with Crippen molar-refractivity contribution in [2.45, 2.75) is 32.2 Å². The van der Waals surface area contributed by atoms with E-state index in [0.29, 0.717) is 12.4 Å². The van der Waals surface area contributed by atoms with Crippen LogP contribution in [0.3, 0.4) is 0 Å². The highest BCUT2D eigenvalue weighted by Gasteiger charge is 2.20. The monoisotopic (exact) mass is 331 g/mol. The van der Waals surface area contributed by atoms with Crippen molar-refractivity contribution in [3.8, 4) is 0 Å². The Kier molecular flexibility index (Phi) is 5.39. The van der Waals surface area contributed by atoms with Crippen molar-refractivity contribution in [1.29, 1.82) is 0 Å². The quantitative estimate of drug-likeness (QED) is 0.749. The summed E-state index contributed by atoms with van der Waals surface area (Å²) in [5.41, 5.74) is 1.64. The molecule has 0 saturated heterocycles. The standard InChI is InChI=1S/C18H22FN3O2/c1-12(22-17(23)24)13-4-9-16(20-10-13)21-11-18(2,3)14-5-7-15(19)8-6-14/h4-10,12,22H,11H2,1-3H3,(H,20,21)(H,23,24). The lowest BCUT2D eigenvalue weighted by Gasteiger charge is -2.26. The van der Waals surface area contributed by atoms with Crippen molar-refractivity contribution in [1.82, 2.24) is 10.3 Å². The van der Waals surface area contributed by atoms with Crippen molar-refractivity contribution < 1.29 is 14.3 Å². The van der Waals surface area contributed by atoms with Crippen LogP contribution in [0.2, 0.25) is 0 Å². The van der Waals surface area contributed by atoms with E-state index in [-0.39, 0.29) is 17.3 Å². The van der Waals surface area contributed by atoms with Crippen molar-refractivity contribution in [3.63, 3.8) is 0 Å². The zero-order chi connectivity index (χ0) is 17.7.